The summed E-state index contributed by atoms with van der Waals surface area (Å²) in [6.45, 7) is 5.10. The van der Waals surface area contributed by atoms with Crippen LogP contribution in [0.1, 0.15) is 51.3 Å². The first-order chi connectivity index (χ1) is 7.33. The molecule has 0 aromatic carbocycles. The van der Waals surface area contributed by atoms with Crippen LogP contribution >= 0.6 is 0 Å². The molecule has 0 spiro atoms. The molecule has 0 saturated heterocycles. The van der Waals surface area contributed by atoms with Crippen LogP contribution in [0, 0.1) is 5.92 Å². The number of aromatic nitrogens is 2. The van der Waals surface area contributed by atoms with Gasteiger partial charge in [0.15, 0.2) is 5.82 Å². The van der Waals surface area contributed by atoms with E-state index in [9.17, 15) is 0 Å². The van der Waals surface area contributed by atoms with Gasteiger partial charge < -0.3 is 9.84 Å². The molecule has 1 aliphatic carbocycles. The second-order valence-electron chi connectivity index (χ2n) is 4.27. The van der Waals surface area contributed by atoms with Crippen molar-refractivity contribution in [2.75, 3.05) is 11.9 Å². The molecule has 84 valence electrons. The van der Waals surface area contributed by atoms with Crippen molar-refractivity contribution in [3.63, 3.8) is 0 Å². The van der Waals surface area contributed by atoms with Crippen molar-refractivity contribution >= 4 is 6.01 Å². The summed E-state index contributed by atoms with van der Waals surface area (Å²) < 4.78 is 5.11. The molecular weight excluding hydrogens is 190 g/mol. The molecule has 0 amide bonds. The summed E-state index contributed by atoms with van der Waals surface area (Å²) in [5.74, 6) is 2.27. The lowest BCUT2D eigenvalue weighted by Crippen LogP contribution is -1.99. The van der Waals surface area contributed by atoms with E-state index in [2.05, 4.69) is 22.4 Å². The first kappa shape index (κ1) is 10.5. The van der Waals surface area contributed by atoms with E-state index in [0.29, 0.717) is 11.9 Å². The Bertz CT molecular complexity index is 311. The molecule has 1 saturated carbocycles. The third kappa shape index (κ3) is 2.30. The highest BCUT2D eigenvalue weighted by atomic mass is 16.5. The Labute approximate surface area is 90.4 Å². The summed E-state index contributed by atoms with van der Waals surface area (Å²) in [6.07, 6.45) is 5.02. The van der Waals surface area contributed by atoms with E-state index in [1.807, 2.05) is 6.92 Å². The van der Waals surface area contributed by atoms with Crippen LogP contribution in [0.4, 0.5) is 6.01 Å². The van der Waals surface area contributed by atoms with E-state index in [4.69, 9.17) is 4.52 Å². The molecule has 1 fully saturated rings. The van der Waals surface area contributed by atoms with Crippen molar-refractivity contribution in [1.82, 2.24) is 10.1 Å². The van der Waals surface area contributed by atoms with Gasteiger partial charge in [-0.2, -0.15) is 4.98 Å². The standard InChI is InChI=1S/C11H19N3O/c1-3-8-5-6-9(7-8)10-13-11(12-4-2)15-14-10/h8-9H,3-7H2,1-2H3,(H,12,13,14). The maximum atomic E-state index is 5.11. The number of anilines is 1. The van der Waals surface area contributed by atoms with Gasteiger partial charge in [0, 0.05) is 12.5 Å². The van der Waals surface area contributed by atoms with Gasteiger partial charge in [0.25, 0.3) is 0 Å². The first-order valence-electron chi connectivity index (χ1n) is 5.91. The Morgan fingerprint density at radius 2 is 2.27 bits per heavy atom. The largest absolute Gasteiger partial charge is 0.338 e. The summed E-state index contributed by atoms with van der Waals surface area (Å²) in [5, 5.41) is 7.07. The number of hydrogen-bond acceptors (Lipinski definition) is 4. The molecule has 4 heteroatoms. The van der Waals surface area contributed by atoms with Gasteiger partial charge in [-0.3, -0.25) is 0 Å². The lowest BCUT2D eigenvalue weighted by atomic mass is 10.0. The molecule has 2 atom stereocenters. The molecule has 1 heterocycles. The monoisotopic (exact) mass is 209 g/mol. The van der Waals surface area contributed by atoms with Crippen LogP contribution < -0.4 is 5.32 Å². The van der Waals surface area contributed by atoms with Crippen LogP contribution in [-0.4, -0.2) is 16.7 Å². The topological polar surface area (TPSA) is 51.0 Å². The summed E-state index contributed by atoms with van der Waals surface area (Å²) in [6, 6.07) is 0.562. The van der Waals surface area contributed by atoms with Crippen LogP contribution in [-0.2, 0) is 0 Å². The fourth-order valence-corrected chi connectivity index (χ4v) is 2.30. The predicted molar refractivity (Wildman–Crippen MR) is 58.8 cm³/mol. The van der Waals surface area contributed by atoms with E-state index in [1.165, 1.54) is 25.7 Å². The highest BCUT2D eigenvalue weighted by Gasteiger charge is 2.28. The quantitative estimate of drug-likeness (QED) is 0.828. The summed E-state index contributed by atoms with van der Waals surface area (Å²) in [4.78, 5) is 4.36. The van der Waals surface area contributed by atoms with Gasteiger partial charge in [-0.1, -0.05) is 18.5 Å². The molecule has 1 aromatic heterocycles. The van der Waals surface area contributed by atoms with Crippen LogP contribution in [0.5, 0.6) is 0 Å². The van der Waals surface area contributed by atoms with E-state index >= 15 is 0 Å². The Morgan fingerprint density at radius 3 is 2.93 bits per heavy atom. The van der Waals surface area contributed by atoms with Gasteiger partial charge in [-0.15, -0.1) is 0 Å². The van der Waals surface area contributed by atoms with Gasteiger partial charge in [0.2, 0.25) is 0 Å². The Morgan fingerprint density at radius 1 is 1.40 bits per heavy atom. The zero-order valence-corrected chi connectivity index (χ0v) is 9.49. The maximum absolute atomic E-state index is 5.11. The van der Waals surface area contributed by atoms with Crippen LogP contribution in [0.2, 0.25) is 0 Å². The van der Waals surface area contributed by atoms with Gasteiger partial charge in [-0.25, -0.2) is 0 Å². The molecule has 0 bridgehead atoms. The molecule has 4 nitrogen and oxygen atoms in total. The summed E-state index contributed by atoms with van der Waals surface area (Å²) in [5.41, 5.74) is 0. The van der Waals surface area contributed by atoms with Crippen molar-refractivity contribution in [1.29, 1.82) is 0 Å². The summed E-state index contributed by atoms with van der Waals surface area (Å²) in [7, 11) is 0. The first-order valence-corrected chi connectivity index (χ1v) is 5.91. The Kier molecular flexibility index (Phi) is 3.23. The average molecular weight is 209 g/mol. The smallest absolute Gasteiger partial charge is 0.321 e. The van der Waals surface area contributed by atoms with E-state index in [-0.39, 0.29) is 0 Å². The minimum atomic E-state index is 0.520. The fraction of sp³-hybridized carbons (Fsp3) is 0.818. The predicted octanol–water partition coefficient (Wildman–Crippen LogP) is 2.80. The molecule has 2 unspecified atom stereocenters. The second-order valence-corrected chi connectivity index (χ2v) is 4.27. The molecule has 1 N–H and O–H groups in total. The second kappa shape index (κ2) is 4.64. The molecule has 15 heavy (non-hydrogen) atoms. The van der Waals surface area contributed by atoms with Gasteiger partial charge in [0.1, 0.15) is 0 Å². The van der Waals surface area contributed by atoms with Crippen LogP contribution in [0.3, 0.4) is 0 Å². The average Bonchev–Trinajstić information content (AvgIpc) is 2.85. The highest BCUT2D eigenvalue weighted by molar-refractivity contribution is 5.18. The molecule has 1 aliphatic rings. The van der Waals surface area contributed by atoms with E-state index in [0.717, 1.165) is 18.3 Å². The normalized spacial score (nSPS) is 25.7. The minimum absolute atomic E-state index is 0.520. The van der Waals surface area contributed by atoms with Crippen molar-refractivity contribution in [3.8, 4) is 0 Å². The highest BCUT2D eigenvalue weighted by Crippen LogP contribution is 2.38. The Hall–Kier alpha value is -1.06. The third-order valence-corrected chi connectivity index (χ3v) is 3.25. The molecular formula is C11H19N3O. The van der Waals surface area contributed by atoms with E-state index in [1.54, 1.807) is 0 Å². The molecule has 0 aliphatic heterocycles. The van der Waals surface area contributed by atoms with Crippen molar-refractivity contribution in [3.05, 3.63) is 5.82 Å². The lowest BCUT2D eigenvalue weighted by Gasteiger charge is -2.04. The van der Waals surface area contributed by atoms with Gasteiger partial charge in [0.05, 0.1) is 0 Å². The van der Waals surface area contributed by atoms with Crippen molar-refractivity contribution in [2.45, 2.75) is 45.4 Å². The van der Waals surface area contributed by atoms with Crippen molar-refractivity contribution < 1.29 is 4.52 Å². The van der Waals surface area contributed by atoms with Crippen molar-refractivity contribution in [2.24, 2.45) is 5.92 Å². The molecule has 0 radical (unpaired) electrons. The van der Waals surface area contributed by atoms with Gasteiger partial charge >= 0.3 is 6.01 Å². The number of nitrogens with zero attached hydrogens (tertiary/aromatic N) is 2. The van der Waals surface area contributed by atoms with Gasteiger partial charge in [-0.05, 0) is 32.1 Å². The third-order valence-electron chi connectivity index (χ3n) is 3.25. The fourth-order valence-electron chi connectivity index (χ4n) is 2.30. The zero-order chi connectivity index (χ0) is 10.7. The maximum Gasteiger partial charge on any atom is 0.321 e. The molecule has 2 rings (SSSR count). The van der Waals surface area contributed by atoms with Crippen LogP contribution in [0.25, 0.3) is 0 Å². The number of hydrogen-bond donors (Lipinski definition) is 1. The minimum Gasteiger partial charge on any atom is -0.338 e. The van der Waals surface area contributed by atoms with Crippen LogP contribution in [0.15, 0.2) is 4.52 Å². The number of nitrogens with one attached hydrogen (secondary N) is 1. The molecule has 1 aromatic rings. The SMILES string of the molecule is CCNc1nc(C2CCC(CC)C2)no1. The van der Waals surface area contributed by atoms with E-state index < -0.39 is 0 Å². The zero-order valence-electron chi connectivity index (χ0n) is 9.49. The summed E-state index contributed by atoms with van der Waals surface area (Å²) >= 11 is 0. The Balaban J connectivity index is 1.97. The lowest BCUT2D eigenvalue weighted by molar-refractivity contribution is 0.414. The number of rotatable bonds is 4.